The monoisotopic (exact) mass is 283 g/mol. The number of thiazole rings is 1. The SMILES string of the molecule is Cc1cnc(CNC(=O)C2(C(N)=S)CCCC2)s1. The predicted octanol–water partition coefficient (Wildman–Crippen LogP) is 1.91. The molecule has 3 N–H and O–H groups in total. The summed E-state index contributed by atoms with van der Waals surface area (Å²) in [5.41, 5.74) is 5.14. The summed E-state index contributed by atoms with van der Waals surface area (Å²) in [6, 6.07) is 0. The van der Waals surface area contributed by atoms with Gasteiger partial charge in [0.25, 0.3) is 0 Å². The van der Waals surface area contributed by atoms with Gasteiger partial charge >= 0.3 is 0 Å². The second-order valence-electron chi connectivity index (χ2n) is 4.70. The van der Waals surface area contributed by atoms with E-state index < -0.39 is 5.41 Å². The summed E-state index contributed by atoms with van der Waals surface area (Å²) in [4.78, 5) is 18.0. The largest absolute Gasteiger partial charge is 0.392 e. The molecular formula is C12H17N3OS2. The van der Waals surface area contributed by atoms with Gasteiger partial charge in [0.1, 0.15) is 5.01 Å². The number of hydrogen-bond acceptors (Lipinski definition) is 4. The van der Waals surface area contributed by atoms with E-state index in [0.717, 1.165) is 35.6 Å². The molecule has 1 saturated carbocycles. The van der Waals surface area contributed by atoms with Gasteiger partial charge in [-0.1, -0.05) is 25.1 Å². The molecule has 6 heteroatoms. The van der Waals surface area contributed by atoms with Crippen molar-refractivity contribution < 1.29 is 4.79 Å². The molecule has 1 aromatic rings. The maximum Gasteiger partial charge on any atom is 0.233 e. The number of nitrogens with two attached hydrogens (primary N) is 1. The summed E-state index contributed by atoms with van der Waals surface area (Å²) in [5.74, 6) is -0.0413. The van der Waals surface area contributed by atoms with Crippen molar-refractivity contribution in [3.8, 4) is 0 Å². The number of carbonyl (C=O) groups is 1. The second kappa shape index (κ2) is 5.32. The van der Waals surface area contributed by atoms with Gasteiger partial charge in [-0.25, -0.2) is 4.98 Å². The highest BCUT2D eigenvalue weighted by Gasteiger charge is 2.43. The van der Waals surface area contributed by atoms with Crippen LogP contribution in [0.3, 0.4) is 0 Å². The molecule has 4 nitrogen and oxygen atoms in total. The van der Waals surface area contributed by atoms with E-state index in [1.54, 1.807) is 11.3 Å². The van der Waals surface area contributed by atoms with Crippen LogP contribution in [-0.2, 0) is 11.3 Å². The number of carbonyl (C=O) groups excluding carboxylic acids is 1. The molecule has 1 aliphatic rings. The summed E-state index contributed by atoms with van der Waals surface area (Å²) in [7, 11) is 0. The Hall–Kier alpha value is -1.01. The Morgan fingerprint density at radius 1 is 1.61 bits per heavy atom. The molecule has 0 saturated heterocycles. The summed E-state index contributed by atoms with van der Waals surface area (Å²) in [5, 5.41) is 3.83. The van der Waals surface area contributed by atoms with Crippen LogP contribution in [0.15, 0.2) is 6.20 Å². The number of amides is 1. The van der Waals surface area contributed by atoms with Crippen molar-refractivity contribution >= 4 is 34.5 Å². The highest BCUT2D eigenvalue weighted by molar-refractivity contribution is 7.80. The van der Waals surface area contributed by atoms with Crippen LogP contribution < -0.4 is 11.1 Å². The molecule has 1 aromatic heterocycles. The van der Waals surface area contributed by atoms with E-state index in [1.165, 1.54) is 0 Å². The van der Waals surface area contributed by atoms with Crippen LogP contribution in [0, 0.1) is 12.3 Å². The van der Waals surface area contributed by atoms with E-state index in [-0.39, 0.29) is 5.91 Å². The first kappa shape index (κ1) is 13.4. The van der Waals surface area contributed by atoms with Crippen LogP contribution in [0.1, 0.15) is 35.6 Å². The number of aryl methyl sites for hydroxylation is 1. The maximum atomic E-state index is 12.3. The van der Waals surface area contributed by atoms with Gasteiger partial charge in [0, 0.05) is 11.1 Å². The first-order valence-electron chi connectivity index (χ1n) is 6.04. The molecule has 0 spiro atoms. The highest BCUT2D eigenvalue weighted by atomic mass is 32.1. The zero-order valence-electron chi connectivity index (χ0n) is 10.4. The van der Waals surface area contributed by atoms with Crippen molar-refractivity contribution in [3.63, 3.8) is 0 Å². The Bertz CT molecular complexity index is 464. The minimum atomic E-state index is -0.623. The summed E-state index contributed by atoms with van der Waals surface area (Å²) in [6.45, 7) is 2.46. The molecule has 0 radical (unpaired) electrons. The molecular weight excluding hydrogens is 266 g/mol. The average molecular weight is 283 g/mol. The van der Waals surface area contributed by atoms with Crippen molar-refractivity contribution in [2.75, 3.05) is 0 Å². The number of aromatic nitrogens is 1. The predicted molar refractivity (Wildman–Crippen MR) is 76.4 cm³/mol. The van der Waals surface area contributed by atoms with Gasteiger partial charge in [0.2, 0.25) is 5.91 Å². The van der Waals surface area contributed by atoms with E-state index in [9.17, 15) is 4.79 Å². The quantitative estimate of drug-likeness (QED) is 0.828. The molecule has 1 aliphatic carbocycles. The zero-order valence-corrected chi connectivity index (χ0v) is 12.0. The van der Waals surface area contributed by atoms with Crippen molar-refractivity contribution in [2.24, 2.45) is 11.1 Å². The molecule has 1 heterocycles. The van der Waals surface area contributed by atoms with Crippen molar-refractivity contribution in [3.05, 3.63) is 16.1 Å². The average Bonchev–Trinajstić information content (AvgIpc) is 2.95. The Kier molecular flexibility index (Phi) is 3.97. The number of nitrogens with zero attached hydrogens (tertiary/aromatic N) is 1. The first-order chi connectivity index (χ1) is 8.54. The van der Waals surface area contributed by atoms with E-state index in [1.807, 2.05) is 13.1 Å². The third-order valence-corrected chi connectivity index (χ3v) is 4.74. The maximum absolute atomic E-state index is 12.3. The fraction of sp³-hybridized carbons (Fsp3) is 0.583. The molecule has 1 fully saturated rings. The topological polar surface area (TPSA) is 68.0 Å². The van der Waals surface area contributed by atoms with Gasteiger partial charge in [-0.05, 0) is 19.8 Å². The summed E-state index contributed by atoms with van der Waals surface area (Å²) >= 11 is 6.67. The van der Waals surface area contributed by atoms with Crippen LogP contribution in [0.4, 0.5) is 0 Å². The molecule has 0 aliphatic heterocycles. The van der Waals surface area contributed by atoms with Gasteiger partial charge in [-0.3, -0.25) is 4.79 Å². The van der Waals surface area contributed by atoms with Crippen molar-refractivity contribution in [1.82, 2.24) is 10.3 Å². The minimum Gasteiger partial charge on any atom is -0.392 e. The van der Waals surface area contributed by atoms with E-state index >= 15 is 0 Å². The molecule has 0 atom stereocenters. The van der Waals surface area contributed by atoms with Crippen molar-refractivity contribution in [2.45, 2.75) is 39.2 Å². The Morgan fingerprint density at radius 2 is 2.28 bits per heavy atom. The van der Waals surface area contributed by atoms with Gasteiger partial charge < -0.3 is 11.1 Å². The van der Waals surface area contributed by atoms with E-state index in [2.05, 4.69) is 10.3 Å². The zero-order chi connectivity index (χ0) is 13.2. The molecule has 0 unspecified atom stereocenters. The number of nitrogens with one attached hydrogen (secondary N) is 1. The smallest absolute Gasteiger partial charge is 0.233 e. The van der Waals surface area contributed by atoms with E-state index in [0.29, 0.717) is 11.5 Å². The van der Waals surface area contributed by atoms with Crippen LogP contribution in [0.2, 0.25) is 0 Å². The molecule has 2 rings (SSSR count). The highest BCUT2D eigenvalue weighted by Crippen LogP contribution is 2.38. The van der Waals surface area contributed by atoms with Gasteiger partial charge in [0.15, 0.2) is 0 Å². The third-order valence-electron chi connectivity index (χ3n) is 3.43. The lowest BCUT2D eigenvalue weighted by Crippen LogP contribution is -2.46. The number of thiocarbonyl (C=S) groups is 1. The lowest BCUT2D eigenvalue weighted by molar-refractivity contribution is -0.127. The normalized spacial score (nSPS) is 17.6. The van der Waals surface area contributed by atoms with Crippen LogP contribution in [0.5, 0.6) is 0 Å². The van der Waals surface area contributed by atoms with E-state index in [4.69, 9.17) is 18.0 Å². The van der Waals surface area contributed by atoms with Crippen molar-refractivity contribution in [1.29, 1.82) is 0 Å². The second-order valence-corrected chi connectivity index (χ2v) is 6.46. The molecule has 1 amide bonds. The Balaban J connectivity index is 2.00. The standard InChI is InChI=1S/C12H17N3OS2/c1-8-6-14-9(18-8)7-15-11(16)12(10(13)17)4-2-3-5-12/h6H,2-5,7H2,1H3,(H2,13,17)(H,15,16). The fourth-order valence-electron chi connectivity index (χ4n) is 2.37. The van der Waals surface area contributed by atoms with Gasteiger partial charge in [-0.2, -0.15) is 0 Å². The molecule has 0 aromatic carbocycles. The molecule has 98 valence electrons. The van der Waals surface area contributed by atoms with Crippen LogP contribution in [-0.4, -0.2) is 15.9 Å². The summed E-state index contributed by atoms with van der Waals surface area (Å²) in [6.07, 6.45) is 5.38. The molecule has 18 heavy (non-hydrogen) atoms. The first-order valence-corrected chi connectivity index (χ1v) is 7.26. The van der Waals surface area contributed by atoms with Gasteiger partial charge in [-0.15, -0.1) is 11.3 Å². The minimum absolute atomic E-state index is 0.0413. The fourth-order valence-corrected chi connectivity index (χ4v) is 3.40. The van der Waals surface area contributed by atoms with Gasteiger partial charge in [0.05, 0.1) is 16.9 Å². The Morgan fingerprint density at radius 3 is 2.78 bits per heavy atom. The molecule has 0 bridgehead atoms. The van der Waals surface area contributed by atoms with Crippen LogP contribution >= 0.6 is 23.6 Å². The number of rotatable bonds is 4. The van der Waals surface area contributed by atoms with Crippen LogP contribution in [0.25, 0.3) is 0 Å². The number of hydrogen-bond donors (Lipinski definition) is 2. The Labute approximate surface area is 116 Å². The third kappa shape index (κ3) is 2.54. The lowest BCUT2D eigenvalue weighted by Gasteiger charge is -2.25. The summed E-state index contributed by atoms with van der Waals surface area (Å²) < 4.78 is 0. The lowest BCUT2D eigenvalue weighted by atomic mass is 9.85.